The summed E-state index contributed by atoms with van der Waals surface area (Å²) in [7, 11) is 2.13. The molecule has 0 atom stereocenters. The molecule has 2 heteroatoms. The molecule has 0 aliphatic carbocycles. The lowest BCUT2D eigenvalue weighted by molar-refractivity contribution is 0.470. The summed E-state index contributed by atoms with van der Waals surface area (Å²) >= 11 is 0. The average Bonchev–Trinajstić information content (AvgIpc) is 2.32. The van der Waals surface area contributed by atoms with E-state index in [4.69, 9.17) is 0 Å². The lowest BCUT2D eigenvalue weighted by atomic mass is 9.95. The molecule has 0 radical (unpaired) electrons. The van der Waals surface area contributed by atoms with E-state index in [0.717, 1.165) is 13.0 Å². The highest BCUT2D eigenvalue weighted by Crippen LogP contribution is 2.28. The summed E-state index contributed by atoms with van der Waals surface area (Å²) < 4.78 is 0. The lowest BCUT2D eigenvalue weighted by Crippen LogP contribution is -2.12. The van der Waals surface area contributed by atoms with Crippen LogP contribution in [0.25, 0.3) is 0 Å². The average molecular weight is 176 g/mol. The second-order valence-corrected chi connectivity index (χ2v) is 4.42. The van der Waals surface area contributed by atoms with Gasteiger partial charge in [-0.15, -0.1) is 0 Å². The Labute approximate surface area is 79.7 Å². The highest BCUT2D eigenvalue weighted by atomic mass is 15.1. The zero-order valence-electron chi connectivity index (χ0n) is 8.54. The molecule has 2 heterocycles. The van der Waals surface area contributed by atoms with Gasteiger partial charge in [0.1, 0.15) is 0 Å². The molecule has 13 heavy (non-hydrogen) atoms. The summed E-state index contributed by atoms with van der Waals surface area (Å²) in [5.41, 5.74) is 2.64. The lowest BCUT2D eigenvalue weighted by Gasteiger charge is -2.14. The van der Waals surface area contributed by atoms with E-state index in [1.807, 2.05) is 6.21 Å². The number of aliphatic imine (C=N–C) groups is 1. The van der Waals surface area contributed by atoms with Gasteiger partial charge in [0, 0.05) is 31.6 Å². The van der Waals surface area contributed by atoms with E-state index in [0.29, 0.717) is 0 Å². The number of likely N-dealkylation sites (N-methyl/N-ethyl adjacent to an activating group) is 1. The molecule has 0 saturated carbocycles. The Bertz CT molecular complexity index is 308. The fourth-order valence-corrected chi connectivity index (χ4v) is 1.68. The summed E-state index contributed by atoms with van der Waals surface area (Å²) in [6.07, 6.45) is 7.56. The Morgan fingerprint density at radius 2 is 2.23 bits per heavy atom. The van der Waals surface area contributed by atoms with Crippen LogP contribution in [0.1, 0.15) is 20.3 Å². The summed E-state index contributed by atoms with van der Waals surface area (Å²) in [5.74, 6) is 0. The van der Waals surface area contributed by atoms with Crippen molar-refractivity contribution in [3.05, 3.63) is 23.5 Å². The SMILES string of the molecule is CN1CCC2=C1C=CC(C)(C)C=N2. The quantitative estimate of drug-likeness (QED) is 0.552. The van der Waals surface area contributed by atoms with Gasteiger partial charge in [0.25, 0.3) is 0 Å². The van der Waals surface area contributed by atoms with Gasteiger partial charge in [0.05, 0.1) is 11.4 Å². The predicted octanol–water partition coefficient (Wildman–Crippen LogP) is 2.20. The van der Waals surface area contributed by atoms with E-state index < -0.39 is 0 Å². The molecular weight excluding hydrogens is 160 g/mol. The van der Waals surface area contributed by atoms with Gasteiger partial charge in [-0.05, 0) is 6.08 Å². The Morgan fingerprint density at radius 1 is 1.46 bits per heavy atom. The smallest absolute Gasteiger partial charge is 0.0650 e. The minimum atomic E-state index is 0.102. The molecular formula is C11H16N2. The van der Waals surface area contributed by atoms with Crippen LogP contribution >= 0.6 is 0 Å². The van der Waals surface area contributed by atoms with Crippen LogP contribution in [-0.2, 0) is 0 Å². The van der Waals surface area contributed by atoms with E-state index in [2.05, 4.69) is 42.9 Å². The molecule has 0 spiro atoms. The minimum absolute atomic E-state index is 0.102. The van der Waals surface area contributed by atoms with Crippen LogP contribution in [0.15, 0.2) is 28.5 Å². The molecule has 0 unspecified atom stereocenters. The van der Waals surface area contributed by atoms with Gasteiger partial charge in [-0.25, -0.2) is 0 Å². The molecule has 0 N–H and O–H groups in total. The molecule has 0 fully saturated rings. The van der Waals surface area contributed by atoms with Crippen LogP contribution in [0.5, 0.6) is 0 Å². The van der Waals surface area contributed by atoms with Crippen molar-refractivity contribution in [2.75, 3.05) is 13.6 Å². The van der Waals surface area contributed by atoms with E-state index in [-0.39, 0.29) is 5.41 Å². The maximum atomic E-state index is 4.54. The molecule has 0 aromatic rings. The summed E-state index contributed by atoms with van der Waals surface area (Å²) in [6.45, 7) is 5.46. The monoisotopic (exact) mass is 176 g/mol. The van der Waals surface area contributed by atoms with Crippen molar-refractivity contribution in [3.8, 4) is 0 Å². The second kappa shape index (κ2) is 2.72. The number of nitrogens with zero attached hydrogens (tertiary/aromatic N) is 2. The Hall–Kier alpha value is -1.05. The standard InChI is InChI=1S/C11H16N2/c1-11(2)6-4-10-9(12-8-11)5-7-13(10)3/h4,6,8H,5,7H2,1-3H3. The third kappa shape index (κ3) is 1.53. The largest absolute Gasteiger partial charge is 0.373 e. The zero-order valence-corrected chi connectivity index (χ0v) is 8.54. The van der Waals surface area contributed by atoms with Crippen LogP contribution in [0.2, 0.25) is 0 Å². The van der Waals surface area contributed by atoms with Crippen LogP contribution in [0, 0.1) is 5.41 Å². The highest BCUT2D eigenvalue weighted by Gasteiger charge is 2.21. The maximum Gasteiger partial charge on any atom is 0.0650 e. The summed E-state index contributed by atoms with van der Waals surface area (Å²) in [5, 5.41) is 0. The van der Waals surface area contributed by atoms with Gasteiger partial charge in [-0.2, -0.15) is 0 Å². The molecule has 2 aliphatic heterocycles. The number of hydrogen-bond donors (Lipinski definition) is 0. The first-order valence-electron chi connectivity index (χ1n) is 4.77. The second-order valence-electron chi connectivity index (χ2n) is 4.42. The Balaban J connectivity index is 2.36. The fraction of sp³-hybridized carbons (Fsp3) is 0.545. The van der Waals surface area contributed by atoms with Crippen molar-refractivity contribution in [2.45, 2.75) is 20.3 Å². The molecule has 2 rings (SSSR count). The molecule has 2 aliphatic rings. The normalized spacial score (nSPS) is 25.0. The molecule has 0 bridgehead atoms. The Morgan fingerprint density at radius 3 is 3.00 bits per heavy atom. The van der Waals surface area contributed by atoms with E-state index in [9.17, 15) is 0 Å². The minimum Gasteiger partial charge on any atom is -0.373 e. The third-order valence-corrected chi connectivity index (χ3v) is 2.61. The number of allylic oxidation sites excluding steroid dienone is 2. The van der Waals surface area contributed by atoms with Gasteiger partial charge in [-0.1, -0.05) is 19.9 Å². The van der Waals surface area contributed by atoms with Crippen molar-refractivity contribution in [2.24, 2.45) is 10.4 Å². The van der Waals surface area contributed by atoms with Crippen LogP contribution in [0.4, 0.5) is 0 Å². The van der Waals surface area contributed by atoms with Gasteiger partial charge in [-0.3, -0.25) is 4.99 Å². The van der Waals surface area contributed by atoms with Crippen molar-refractivity contribution in [1.29, 1.82) is 0 Å². The Kier molecular flexibility index (Phi) is 1.79. The first kappa shape index (κ1) is 8.54. The van der Waals surface area contributed by atoms with Crippen LogP contribution in [0.3, 0.4) is 0 Å². The van der Waals surface area contributed by atoms with Crippen LogP contribution in [-0.4, -0.2) is 24.7 Å². The fourth-order valence-electron chi connectivity index (χ4n) is 1.68. The van der Waals surface area contributed by atoms with Gasteiger partial charge < -0.3 is 4.90 Å². The van der Waals surface area contributed by atoms with Gasteiger partial charge in [0.15, 0.2) is 0 Å². The molecule has 0 aromatic carbocycles. The predicted molar refractivity (Wildman–Crippen MR) is 55.7 cm³/mol. The molecule has 0 amide bonds. The van der Waals surface area contributed by atoms with Gasteiger partial charge in [0.2, 0.25) is 0 Å². The molecule has 70 valence electrons. The van der Waals surface area contributed by atoms with E-state index in [1.165, 1.54) is 11.4 Å². The van der Waals surface area contributed by atoms with Crippen molar-refractivity contribution in [3.63, 3.8) is 0 Å². The summed E-state index contributed by atoms with van der Waals surface area (Å²) in [4.78, 5) is 6.81. The molecule has 2 nitrogen and oxygen atoms in total. The van der Waals surface area contributed by atoms with Crippen LogP contribution < -0.4 is 0 Å². The molecule has 0 aromatic heterocycles. The highest BCUT2D eigenvalue weighted by molar-refractivity contribution is 5.70. The number of rotatable bonds is 0. The van der Waals surface area contributed by atoms with Crippen molar-refractivity contribution >= 4 is 6.21 Å². The molecule has 0 saturated heterocycles. The number of hydrogen-bond acceptors (Lipinski definition) is 2. The maximum absolute atomic E-state index is 4.54. The van der Waals surface area contributed by atoms with Crippen molar-refractivity contribution in [1.82, 2.24) is 4.90 Å². The zero-order chi connectivity index (χ0) is 9.47. The van der Waals surface area contributed by atoms with Gasteiger partial charge >= 0.3 is 0 Å². The third-order valence-electron chi connectivity index (χ3n) is 2.61. The van der Waals surface area contributed by atoms with E-state index in [1.54, 1.807) is 0 Å². The van der Waals surface area contributed by atoms with E-state index >= 15 is 0 Å². The summed E-state index contributed by atoms with van der Waals surface area (Å²) in [6, 6.07) is 0. The van der Waals surface area contributed by atoms with Crippen molar-refractivity contribution < 1.29 is 0 Å². The topological polar surface area (TPSA) is 15.6 Å². The first-order chi connectivity index (χ1) is 6.08. The first-order valence-corrected chi connectivity index (χ1v) is 4.77.